The van der Waals surface area contributed by atoms with Gasteiger partial charge in [-0.15, -0.1) is 11.3 Å². The second-order valence-electron chi connectivity index (χ2n) is 4.08. The molecule has 0 bridgehead atoms. The Bertz CT molecular complexity index is 737. The summed E-state index contributed by atoms with van der Waals surface area (Å²) < 4.78 is 26.2. The van der Waals surface area contributed by atoms with Gasteiger partial charge in [0.25, 0.3) is 10.0 Å². The van der Waals surface area contributed by atoms with E-state index in [9.17, 15) is 18.5 Å². The molecule has 114 valence electrons. The summed E-state index contributed by atoms with van der Waals surface area (Å²) in [5.74, 6) is 0. The van der Waals surface area contributed by atoms with E-state index < -0.39 is 14.9 Å². The minimum absolute atomic E-state index is 0.106. The first-order valence-corrected chi connectivity index (χ1v) is 9.06. The van der Waals surface area contributed by atoms with Crippen LogP contribution in [0, 0.1) is 10.1 Å². The van der Waals surface area contributed by atoms with E-state index in [0.717, 1.165) is 10.9 Å². The summed E-state index contributed by atoms with van der Waals surface area (Å²) in [6.07, 6.45) is 0. The molecule has 0 aliphatic carbocycles. The monoisotopic (exact) mass is 347 g/mol. The van der Waals surface area contributed by atoms with Crippen LogP contribution in [0.4, 0.5) is 10.7 Å². The van der Waals surface area contributed by atoms with Crippen LogP contribution in [0.3, 0.4) is 0 Å². The summed E-state index contributed by atoms with van der Waals surface area (Å²) in [5.41, 5.74) is 5.14. The van der Waals surface area contributed by atoms with Gasteiger partial charge in [0, 0.05) is 24.0 Å². The van der Waals surface area contributed by atoms with Crippen LogP contribution < -0.4 is 5.73 Å². The third-order valence-corrected chi connectivity index (χ3v) is 6.96. The van der Waals surface area contributed by atoms with Crippen molar-refractivity contribution in [3.8, 4) is 0 Å². The second-order valence-corrected chi connectivity index (χ2v) is 8.36. The lowest BCUT2D eigenvalue weighted by Crippen LogP contribution is -2.29. The fourth-order valence-corrected chi connectivity index (χ4v) is 5.31. The summed E-state index contributed by atoms with van der Waals surface area (Å²) in [4.78, 5) is 11.0. The zero-order valence-corrected chi connectivity index (χ0v) is 13.5. The fraction of sp³-hybridized carbons (Fsp3) is 0.273. The maximum absolute atomic E-state index is 12.5. The Morgan fingerprint density at radius 2 is 2.19 bits per heavy atom. The van der Waals surface area contributed by atoms with E-state index >= 15 is 0 Å². The predicted molar refractivity (Wildman–Crippen MR) is 83.0 cm³/mol. The molecule has 2 N–H and O–H groups in total. The van der Waals surface area contributed by atoms with Gasteiger partial charge in [-0.3, -0.25) is 10.1 Å². The third-order valence-electron chi connectivity index (χ3n) is 2.77. The number of hydrogen-bond acceptors (Lipinski definition) is 7. The number of nitro groups is 1. The summed E-state index contributed by atoms with van der Waals surface area (Å²) in [7, 11) is -3.79. The Morgan fingerprint density at radius 3 is 2.67 bits per heavy atom. The molecule has 0 saturated carbocycles. The minimum atomic E-state index is -3.79. The quantitative estimate of drug-likeness (QED) is 0.638. The Balaban J connectivity index is 2.35. The first-order chi connectivity index (χ1) is 9.86. The van der Waals surface area contributed by atoms with Crippen molar-refractivity contribution in [1.29, 1.82) is 0 Å². The Morgan fingerprint density at radius 1 is 1.48 bits per heavy atom. The average molecular weight is 347 g/mol. The molecule has 21 heavy (non-hydrogen) atoms. The molecule has 0 spiro atoms. The first kappa shape index (κ1) is 15.9. The highest BCUT2D eigenvalue weighted by atomic mass is 32.2. The molecule has 0 aliphatic heterocycles. The predicted octanol–water partition coefficient (Wildman–Crippen LogP) is 2.51. The smallest absolute Gasteiger partial charge is 0.304 e. The summed E-state index contributed by atoms with van der Waals surface area (Å²) >= 11 is 2.17. The number of anilines is 1. The Kier molecular flexibility index (Phi) is 4.61. The number of nitrogens with zero attached hydrogens (tertiary/aromatic N) is 2. The van der Waals surface area contributed by atoms with Gasteiger partial charge in [0.05, 0.1) is 4.92 Å². The van der Waals surface area contributed by atoms with Crippen molar-refractivity contribution in [3.63, 3.8) is 0 Å². The Hall–Kier alpha value is -1.49. The van der Waals surface area contributed by atoms with Crippen LogP contribution in [0.25, 0.3) is 0 Å². The zero-order valence-electron chi connectivity index (χ0n) is 11.1. The van der Waals surface area contributed by atoms with Crippen molar-refractivity contribution in [2.75, 3.05) is 12.3 Å². The van der Waals surface area contributed by atoms with Crippen molar-refractivity contribution < 1.29 is 13.3 Å². The lowest BCUT2D eigenvalue weighted by atomic mass is 10.4. The van der Waals surface area contributed by atoms with E-state index in [2.05, 4.69) is 0 Å². The normalized spacial score (nSPS) is 11.9. The van der Waals surface area contributed by atoms with Gasteiger partial charge in [-0.05, 0) is 11.4 Å². The topological polar surface area (TPSA) is 107 Å². The van der Waals surface area contributed by atoms with E-state index in [4.69, 9.17) is 5.73 Å². The molecule has 0 radical (unpaired) electrons. The molecule has 0 amide bonds. The largest absolute Gasteiger partial charge is 0.385 e. The van der Waals surface area contributed by atoms with Gasteiger partial charge in [-0.2, -0.15) is 4.31 Å². The van der Waals surface area contributed by atoms with E-state index in [1.807, 2.05) is 17.5 Å². The number of rotatable bonds is 6. The molecule has 2 aromatic heterocycles. The van der Waals surface area contributed by atoms with Gasteiger partial charge in [-0.25, -0.2) is 8.42 Å². The van der Waals surface area contributed by atoms with E-state index in [1.54, 1.807) is 6.92 Å². The molecule has 10 heteroatoms. The van der Waals surface area contributed by atoms with Crippen molar-refractivity contribution in [2.45, 2.75) is 17.7 Å². The van der Waals surface area contributed by atoms with Crippen LogP contribution >= 0.6 is 22.7 Å². The number of thiophene rings is 2. The van der Waals surface area contributed by atoms with E-state index in [1.165, 1.54) is 15.6 Å². The standard InChI is InChI=1S/C11H13N3O4S3/c1-2-13(7-8-4-3-5-19-8)21(17,18)10-6-9(14(15)16)11(12)20-10/h3-6H,2,7,12H2,1H3. The highest BCUT2D eigenvalue weighted by molar-refractivity contribution is 7.91. The van der Waals surface area contributed by atoms with E-state index in [0.29, 0.717) is 11.3 Å². The summed E-state index contributed by atoms with van der Waals surface area (Å²) in [5, 5.41) is 12.5. The number of sulfonamides is 1. The molecule has 2 aromatic rings. The lowest BCUT2D eigenvalue weighted by Gasteiger charge is -2.18. The maximum atomic E-state index is 12.5. The van der Waals surface area contributed by atoms with Crippen LogP contribution in [-0.4, -0.2) is 24.2 Å². The van der Waals surface area contributed by atoms with Crippen molar-refractivity contribution in [3.05, 3.63) is 38.6 Å². The SMILES string of the molecule is CCN(Cc1cccs1)S(=O)(=O)c1cc([N+](=O)[O-])c(N)s1. The number of hydrogen-bond donors (Lipinski definition) is 1. The van der Waals surface area contributed by atoms with Crippen LogP contribution in [0.15, 0.2) is 27.8 Å². The van der Waals surface area contributed by atoms with Gasteiger partial charge >= 0.3 is 5.69 Å². The molecule has 0 atom stereocenters. The zero-order chi connectivity index (χ0) is 15.6. The van der Waals surface area contributed by atoms with Gasteiger partial charge < -0.3 is 5.73 Å². The Labute approximate surface area is 129 Å². The molecule has 7 nitrogen and oxygen atoms in total. The lowest BCUT2D eigenvalue weighted by molar-refractivity contribution is -0.383. The number of nitrogen functional groups attached to an aromatic ring is 1. The molecule has 2 rings (SSSR count). The molecular formula is C11H13N3O4S3. The molecule has 0 fully saturated rings. The van der Waals surface area contributed by atoms with E-state index in [-0.39, 0.29) is 28.0 Å². The third kappa shape index (κ3) is 3.23. The van der Waals surface area contributed by atoms with Crippen molar-refractivity contribution in [2.24, 2.45) is 0 Å². The average Bonchev–Trinajstić information content (AvgIpc) is 3.04. The van der Waals surface area contributed by atoms with Gasteiger partial charge in [-0.1, -0.05) is 24.3 Å². The highest BCUT2D eigenvalue weighted by Crippen LogP contribution is 2.36. The fourth-order valence-electron chi connectivity index (χ4n) is 1.71. The molecule has 0 unspecified atom stereocenters. The van der Waals surface area contributed by atoms with Crippen LogP contribution in [-0.2, 0) is 16.6 Å². The van der Waals surface area contributed by atoms with Gasteiger partial charge in [0.2, 0.25) is 0 Å². The molecule has 0 aliphatic rings. The summed E-state index contributed by atoms with van der Waals surface area (Å²) in [6.45, 7) is 2.23. The number of nitrogens with two attached hydrogens (primary N) is 1. The minimum Gasteiger partial charge on any atom is -0.385 e. The molecule has 0 aromatic carbocycles. The van der Waals surface area contributed by atoms with Crippen molar-refractivity contribution >= 4 is 43.4 Å². The van der Waals surface area contributed by atoms with Crippen LogP contribution in [0.2, 0.25) is 0 Å². The van der Waals surface area contributed by atoms with Gasteiger partial charge in [0.1, 0.15) is 4.21 Å². The molecule has 0 saturated heterocycles. The summed E-state index contributed by atoms with van der Waals surface area (Å²) in [6, 6.07) is 4.70. The first-order valence-electron chi connectivity index (χ1n) is 5.92. The molecular weight excluding hydrogens is 334 g/mol. The second kappa shape index (κ2) is 6.10. The van der Waals surface area contributed by atoms with Crippen molar-refractivity contribution in [1.82, 2.24) is 4.31 Å². The van der Waals surface area contributed by atoms with Crippen LogP contribution in [0.5, 0.6) is 0 Å². The molecule has 2 heterocycles. The maximum Gasteiger partial charge on any atom is 0.304 e. The van der Waals surface area contributed by atoms with Crippen LogP contribution in [0.1, 0.15) is 11.8 Å². The van der Waals surface area contributed by atoms with Gasteiger partial charge in [0.15, 0.2) is 5.00 Å². The highest BCUT2D eigenvalue weighted by Gasteiger charge is 2.29.